The second-order valence-electron chi connectivity index (χ2n) is 4.79. The number of thiocarbonyl (C=S) groups is 1. The molecular formula is C15H20N4S. The minimum absolute atomic E-state index is 0.614. The van der Waals surface area contributed by atoms with Gasteiger partial charge in [0.15, 0.2) is 5.11 Å². The Balaban J connectivity index is 1.89. The average Bonchev–Trinajstić information content (AvgIpc) is 2.88. The summed E-state index contributed by atoms with van der Waals surface area (Å²) in [5.41, 5.74) is 4.45. The van der Waals surface area contributed by atoms with Gasteiger partial charge in [-0.1, -0.05) is 17.7 Å². The molecule has 2 rings (SSSR count). The van der Waals surface area contributed by atoms with E-state index in [-0.39, 0.29) is 0 Å². The predicted octanol–water partition coefficient (Wildman–Crippen LogP) is 3.01. The molecule has 0 unspecified atom stereocenters. The Morgan fingerprint density at radius 2 is 2.10 bits per heavy atom. The molecule has 0 amide bonds. The van der Waals surface area contributed by atoms with Gasteiger partial charge in [0, 0.05) is 18.4 Å². The molecule has 2 N–H and O–H groups in total. The molecule has 106 valence electrons. The van der Waals surface area contributed by atoms with Crippen LogP contribution in [0.1, 0.15) is 23.7 Å². The summed E-state index contributed by atoms with van der Waals surface area (Å²) in [6.07, 6.45) is 1.97. The number of hydrogen-bond donors (Lipinski definition) is 2. The summed E-state index contributed by atoms with van der Waals surface area (Å²) in [6.45, 7) is 7.73. The lowest BCUT2D eigenvalue weighted by molar-refractivity contribution is 0.643. The summed E-state index contributed by atoms with van der Waals surface area (Å²) in [7, 11) is 0. The highest BCUT2D eigenvalue weighted by molar-refractivity contribution is 7.80. The van der Waals surface area contributed by atoms with Gasteiger partial charge in [0.1, 0.15) is 0 Å². The van der Waals surface area contributed by atoms with Crippen molar-refractivity contribution < 1.29 is 0 Å². The summed E-state index contributed by atoms with van der Waals surface area (Å²) in [4.78, 5) is 0. The maximum atomic E-state index is 5.31. The van der Waals surface area contributed by atoms with Crippen LogP contribution in [0.4, 0.5) is 5.69 Å². The lowest BCUT2D eigenvalue weighted by atomic mass is 10.1. The van der Waals surface area contributed by atoms with E-state index >= 15 is 0 Å². The third-order valence-corrected chi connectivity index (χ3v) is 3.33. The Hall–Kier alpha value is -1.88. The zero-order valence-corrected chi connectivity index (χ0v) is 12.9. The van der Waals surface area contributed by atoms with Crippen LogP contribution < -0.4 is 10.6 Å². The summed E-state index contributed by atoms with van der Waals surface area (Å²) in [5, 5.41) is 11.4. The minimum Gasteiger partial charge on any atom is -0.357 e. The molecule has 0 fully saturated rings. The Labute approximate surface area is 125 Å². The highest BCUT2D eigenvalue weighted by Crippen LogP contribution is 2.15. The molecule has 1 heterocycles. The van der Waals surface area contributed by atoms with Gasteiger partial charge in [-0.3, -0.25) is 4.68 Å². The fourth-order valence-electron chi connectivity index (χ4n) is 1.97. The number of nitrogens with zero attached hydrogens (tertiary/aromatic N) is 2. The summed E-state index contributed by atoms with van der Waals surface area (Å²) in [5.74, 6) is 0. The molecule has 2 aromatic rings. The van der Waals surface area contributed by atoms with Crippen LogP contribution in [0.25, 0.3) is 0 Å². The van der Waals surface area contributed by atoms with Crippen molar-refractivity contribution in [3.63, 3.8) is 0 Å². The van der Waals surface area contributed by atoms with Crippen molar-refractivity contribution in [2.75, 3.05) is 5.32 Å². The van der Waals surface area contributed by atoms with Gasteiger partial charge in [0.2, 0.25) is 0 Å². The molecule has 4 nitrogen and oxygen atoms in total. The SMILES string of the molecule is CCn1ccc(CNC(=S)Nc2ccc(C)cc2C)n1. The van der Waals surface area contributed by atoms with Gasteiger partial charge in [-0.2, -0.15) is 5.10 Å². The number of rotatable bonds is 4. The number of benzene rings is 1. The fourth-order valence-corrected chi connectivity index (χ4v) is 2.15. The topological polar surface area (TPSA) is 41.9 Å². The zero-order valence-electron chi connectivity index (χ0n) is 12.1. The van der Waals surface area contributed by atoms with E-state index in [1.807, 2.05) is 23.0 Å². The third kappa shape index (κ3) is 3.81. The fraction of sp³-hybridized carbons (Fsp3) is 0.333. The van der Waals surface area contributed by atoms with Crippen molar-refractivity contribution in [2.45, 2.75) is 33.9 Å². The molecule has 0 saturated heterocycles. The van der Waals surface area contributed by atoms with Crippen LogP contribution in [-0.4, -0.2) is 14.9 Å². The molecule has 0 atom stereocenters. The number of hydrogen-bond acceptors (Lipinski definition) is 2. The Morgan fingerprint density at radius 1 is 1.30 bits per heavy atom. The monoisotopic (exact) mass is 288 g/mol. The van der Waals surface area contributed by atoms with Gasteiger partial charge >= 0.3 is 0 Å². The number of aromatic nitrogens is 2. The quantitative estimate of drug-likeness (QED) is 0.849. The smallest absolute Gasteiger partial charge is 0.171 e. The molecule has 0 saturated carbocycles. The van der Waals surface area contributed by atoms with Crippen molar-refractivity contribution in [1.82, 2.24) is 15.1 Å². The molecule has 0 radical (unpaired) electrons. The van der Waals surface area contributed by atoms with Gasteiger partial charge in [-0.15, -0.1) is 0 Å². The van der Waals surface area contributed by atoms with Gasteiger partial charge in [-0.05, 0) is 50.7 Å². The van der Waals surface area contributed by atoms with E-state index in [2.05, 4.69) is 48.6 Å². The van der Waals surface area contributed by atoms with Crippen LogP contribution in [0.5, 0.6) is 0 Å². The van der Waals surface area contributed by atoms with Crippen LogP contribution in [0.2, 0.25) is 0 Å². The molecule has 5 heteroatoms. The zero-order chi connectivity index (χ0) is 14.5. The molecule has 1 aromatic carbocycles. The molecule has 1 aromatic heterocycles. The first kappa shape index (κ1) is 14.5. The normalized spacial score (nSPS) is 10.3. The molecule has 0 aliphatic rings. The van der Waals surface area contributed by atoms with Gasteiger partial charge in [-0.25, -0.2) is 0 Å². The van der Waals surface area contributed by atoms with Crippen molar-refractivity contribution >= 4 is 23.0 Å². The van der Waals surface area contributed by atoms with Crippen LogP contribution in [0.15, 0.2) is 30.5 Å². The second kappa shape index (κ2) is 6.52. The molecular weight excluding hydrogens is 268 g/mol. The lowest BCUT2D eigenvalue weighted by Crippen LogP contribution is -2.28. The standard InChI is InChI=1S/C15H20N4S/c1-4-19-8-7-13(18-19)10-16-15(20)17-14-6-5-11(2)9-12(14)3/h5-9H,4,10H2,1-3H3,(H2,16,17,20). The van der Waals surface area contributed by atoms with Crippen LogP contribution in [0.3, 0.4) is 0 Å². The highest BCUT2D eigenvalue weighted by atomic mass is 32.1. The first-order valence-electron chi connectivity index (χ1n) is 6.73. The third-order valence-electron chi connectivity index (χ3n) is 3.08. The van der Waals surface area contributed by atoms with E-state index in [9.17, 15) is 0 Å². The van der Waals surface area contributed by atoms with Crippen LogP contribution in [-0.2, 0) is 13.1 Å². The number of aryl methyl sites for hydroxylation is 3. The Bertz CT molecular complexity index is 604. The van der Waals surface area contributed by atoms with Gasteiger partial charge in [0.05, 0.1) is 12.2 Å². The van der Waals surface area contributed by atoms with Crippen molar-refractivity contribution in [3.05, 3.63) is 47.3 Å². The average molecular weight is 288 g/mol. The van der Waals surface area contributed by atoms with E-state index < -0.39 is 0 Å². The van der Waals surface area contributed by atoms with E-state index in [1.54, 1.807) is 0 Å². The molecule has 0 aliphatic carbocycles. The van der Waals surface area contributed by atoms with E-state index in [1.165, 1.54) is 11.1 Å². The predicted molar refractivity (Wildman–Crippen MR) is 86.9 cm³/mol. The van der Waals surface area contributed by atoms with E-state index in [0.29, 0.717) is 11.7 Å². The summed E-state index contributed by atoms with van der Waals surface area (Å²) in [6, 6.07) is 8.25. The molecule has 0 aliphatic heterocycles. The molecule has 20 heavy (non-hydrogen) atoms. The lowest BCUT2D eigenvalue weighted by Gasteiger charge is -2.12. The highest BCUT2D eigenvalue weighted by Gasteiger charge is 2.03. The molecule has 0 spiro atoms. The van der Waals surface area contributed by atoms with Crippen LogP contribution in [0, 0.1) is 13.8 Å². The van der Waals surface area contributed by atoms with Gasteiger partial charge < -0.3 is 10.6 Å². The van der Waals surface area contributed by atoms with E-state index in [0.717, 1.165) is 17.9 Å². The van der Waals surface area contributed by atoms with Crippen molar-refractivity contribution in [3.8, 4) is 0 Å². The summed E-state index contributed by atoms with van der Waals surface area (Å²) >= 11 is 5.31. The number of anilines is 1. The van der Waals surface area contributed by atoms with E-state index in [4.69, 9.17) is 12.2 Å². The van der Waals surface area contributed by atoms with Crippen molar-refractivity contribution in [1.29, 1.82) is 0 Å². The minimum atomic E-state index is 0.614. The first-order chi connectivity index (χ1) is 9.58. The largest absolute Gasteiger partial charge is 0.357 e. The maximum absolute atomic E-state index is 5.31. The van der Waals surface area contributed by atoms with Crippen LogP contribution >= 0.6 is 12.2 Å². The Kier molecular flexibility index (Phi) is 4.74. The Morgan fingerprint density at radius 3 is 2.75 bits per heavy atom. The summed E-state index contributed by atoms with van der Waals surface area (Å²) < 4.78 is 1.90. The number of nitrogens with one attached hydrogen (secondary N) is 2. The van der Waals surface area contributed by atoms with Crippen molar-refractivity contribution in [2.24, 2.45) is 0 Å². The maximum Gasteiger partial charge on any atom is 0.171 e. The van der Waals surface area contributed by atoms with Gasteiger partial charge in [0.25, 0.3) is 0 Å². The first-order valence-corrected chi connectivity index (χ1v) is 7.13. The molecule has 0 bridgehead atoms. The second-order valence-corrected chi connectivity index (χ2v) is 5.20.